The van der Waals surface area contributed by atoms with Crippen LogP contribution in [0, 0.1) is 0 Å². The van der Waals surface area contributed by atoms with E-state index in [1.165, 1.54) is 128 Å². The van der Waals surface area contributed by atoms with E-state index in [9.17, 15) is 45.3 Å². The van der Waals surface area contributed by atoms with Gasteiger partial charge in [-0.15, -0.1) is 0 Å². The molecule has 0 bridgehead atoms. The van der Waals surface area contributed by atoms with E-state index < -0.39 is 99.3 Å². The number of ether oxygens (including phenoxy) is 6. The van der Waals surface area contributed by atoms with Crippen LogP contribution in [0.25, 0.3) is 0 Å². The Labute approximate surface area is 446 Å². The molecule has 0 radical (unpaired) electrons. The molecule has 0 saturated carbocycles. The highest BCUT2D eigenvalue weighted by Crippen LogP contribution is 2.27. The van der Waals surface area contributed by atoms with Crippen molar-refractivity contribution in [2.75, 3.05) is 26.4 Å². The summed E-state index contributed by atoms with van der Waals surface area (Å²) in [5.41, 5.74) is 0. The first-order valence-electron chi connectivity index (χ1n) is 29.2. The Kier molecular flexibility index (Phi) is 41.5. The summed E-state index contributed by atoms with van der Waals surface area (Å²) in [5.74, 6) is -0.983. The van der Waals surface area contributed by atoms with Crippen LogP contribution in [0.5, 0.6) is 0 Å². The van der Waals surface area contributed by atoms with Crippen molar-refractivity contribution >= 4 is 11.9 Å². The SMILES string of the molecule is CCCCC/C=C/C/C=C/C/C=C/C/C=C/CCCC(=O)OC[C@H](CO[C@H]1O[C@@H](CO[C@H]2O[C@@H](CO)[C@@H](O)C(O)C2O)[C@@H](O)C(O)C1O)OC(=O)CCCCCCCCCCCCCCCCCCCCCCC. The van der Waals surface area contributed by atoms with Crippen molar-refractivity contribution in [1.29, 1.82) is 0 Å². The van der Waals surface area contributed by atoms with Gasteiger partial charge in [-0.1, -0.05) is 204 Å². The highest BCUT2D eigenvalue weighted by Gasteiger charge is 2.47. The van der Waals surface area contributed by atoms with Gasteiger partial charge in [-0.2, -0.15) is 0 Å². The average Bonchev–Trinajstić information content (AvgIpc) is 3.39. The molecule has 4 unspecified atom stereocenters. The Hall–Kier alpha value is -2.54. The molecule has 0 amide bonds. The van der Waals surface area contributed by atoms with Gasteiger partial charge >= 0.3 is 11.9 Å². The zero-order valence-corrected chi connectivity index (χ0v) is 45.8. The van der Waals surface area contributed by atoms with Gasteiger partial charge in [0.1, 0.15) is 55.4 Å². The Morgan fingerprint density at radius 3 is 1.31 bits per heavy atom. The maximum Gasteiger partial charge on any atom is 0.306 e. The van der Waals surface area contributed by atoms with Crippen LogP contribution in [-0.4, -0.2) is 142 Å². The number of hydrogen-bond acceptors (Lipinski definition) is 15. The first-order chi connectivity index (χ1) is 36.0. The zero-order chi connectivity index (χ0) is 53.9. The standard InChI is InChI=1S/C59H104O15/c1-3-5-7-9-11-13-15-17-19-21-22-23-24-26-28-30-32-34-36-38-40-42-51(62)72-47(44-69-50(61)41-39-37-35-33-31-29-27-25-20-18-16-14-12-10-8-6-4-2)45-70-58-57(68)55(66)53(64)49(74-58)46-71-59-56(67)54(65)52(63)48(43-60)73-59/h12,14,18,20,27,29,33,35,47-49,52-60,63-68H,3-11,13,15-17,19,21-26,28,30-32,34,36-46H2,1-2H3/b14-12+,20-18+,29-27+,35-33+/t47-,48+,49+,52-,53-,54?,55?,56?,57?,58+,59+/m1/s1. The third-order valence-electron chi connectivity index (χ3n) is 13.8. The van der Waals surface area contributed by atoms with Crippen LogP contribution in [-0.2, 0) is 38.0 Å². The molecule has 0 aromatic heterocycles. The average molecular weight is 1050 g/mol. The van der Waals surface area contributed by atoms with Gasteiger partial charge < -0.3 is 64.2 Å². The maximum absolute atomic E-state index is 13.1. The normalized spacial score (nSPS) is 25.0. The van der Waals surface area contributed by atoms with Crippen molar-refractivity contribution in [2.45, 2.75) is 287 Å². The molecule has 2 rings (SSSR count). The van der Waals surface area contributed by atoms with Crippen molar-refractivity contribution < 1.29 is 73.8 Å². The van der Waals surface area contributed by atoms with E-state index in [1.807, 2.05) is 6.08 Å². The zero-order valence-electron chi connectivity index (χ0n) is 45.8. The lowest BCUT2D eigenvalue weighted by Crippen LogP contribution is -2.61. The first-order valence-corrected chi connectivity index (χ1v) is 29.2. The third kappa shape index (κ3) is 32.3. The van der Waals surface area contributed by atoms with E-state index in [2.05, 4.69) is 56.4 Å². The third-order valence-corrected chi connectivity index (χ3v) is 13.8. The maximum atomic E-state index is 13.1. The van der Waals surface area contributed by atoms with Crippen LogP contribution < -0.4 is 0 Å². The van der Waals surface area contributed by atoms with Crippen molar-refractivity contribution in [3.8, 4) is 0 Å². The predicted octanol–water partition coefficient (Wildman–Crippen LogP) is 9.83. The summed E-state index contributed by atoms with van der Waals surface area (Å²) in [6.07, 6.45) is 35.7. The largest absolute Gasteiger partial charge is 0.462 e. The fraction of sp³-hybridized carbons (Fsp3) is 0.831. The van der Waals surface area contributed by atoms with Crippen molar-refractivity contribution in [1.82, 2.24) is 0 Å². The lowest BCUT2D eigenvalue weighted by molar-refractivity contribution is -0.332. The molecule has 0 spiro atoms. The van der Waals surface area contributed by atoms with Crippen LogP contribution in [0.4, 0.5) is 0 Å². The minimum absolute atomic E-state index is 0.143. The van der Waals surface area contributed by atoms with E-state index in [0.717, 1.165) is 44.9 Å². The molecule has 0 aliphatic carbocycles. The molecule has 11 atom stereocenters. The van der Waals surface area contributed by atoms with E-state index in [-0.39, 0.29) is 19.4 Å². The summed E-state index contributed by atoms with van der Waals surface area (Å²) in [7, 11) is 0. The molecule has 2 aliphatic rings. The van der Waals surface area contributed by atoms with Crippen LogP contribution in [0.3, 0.4) is 0 Å². The van der Waals surface area contributed by atoms with Gasteiger partial charge in [0.15, 0.2) is 18.7 Å². The number of rotatable bonds is 46. The molecular formula is C59H104O15. The van der Waals surface area contributed by atoms with Crippen LogP contribution >= 0.6 is 0 Å². The van der Waals surface area contributed by atoms with Gasteiger partial charge in [0.25, 0.3) is 0 Å². The number of aliphatic hydroxyl groups excluding tert-OH is 7. The quantitative estimate of drug-likeness (QED) is 0.0171. The second kappa shape index (κ2) is 45.5. The lowest BCUT2D eigenvalue weighted by Gasteiger charge is -2.42. The van der Waals surface area contributed by atoms with Crippen LogP contribution in [0.1, 0.15) is 219 Å². The number of aliphatic hydroxyl groups is 7. The summed E-state index contributed by atoms with van der Waals surface area (Å²) in [6, 6.07) is 0. The van der Waals surface area contributed by atoms with E-state index in [1.54, 1.807) is 0 Å². The van der Waals surface area contributed by atoms with Gasteiger partial charge in [0, 0.05) is 12.8 Å². The highest BCUT2D eigenvalue weighted by atomic mass is 16.7. The lowest BCUT2D eigenvalue weighted by atomic mass is 9.98. The van der Waals surface area contributed by atoms with Gasteiger partial charge in [-0.25, -0.2) is 0 Å². The Balaban J connectivity index is 1.77. The molecule has 2 fully saturated rings. The predicted molar refractivity (Wildman–Crippen MR) is 289 cm³/mol. The minimum Gasteiger partial charge on any atom is -0.462 e. The molecule has 2 heterocycles. The summed E-state index contributed by atoms with van der Waals surface area (Å²) in [6.45, 7) is 2.54. The van der Waals surface area contributed by atoms with E-state index in [0.29, 0.717) is 19.3 Å². The number of unbranched alkanes of at least 4 members (excludes halogenated alkanes) is 24. The van der Waals surface area contributed by atoms with Gasteiger partial charge in [0.2, 0.25) is 0 Å². The van der Waals surface area contributed by atoms with E-state index in [4.69, 9.17) is 28.4 Å². The topological polar surface area (TPSA) is 231 Å². The van der Waals surface area contributed by atoms with Crippen LogP contribution in [0.15, 0.2) is 48.6 Å². The minimum atomic E-state index is -1.77. The molecule has 2 aliphatic heterocycles. The number of carbonyl (C=O) groups excluding carboxylic acids is 2. The van der Waals surface area contributed by atoms with Crippen molar-refractivity contribution in [2.24, 2.45) is 0 Å². The Bertz CT molecular complexity index is 1470. The van der Waals surface area contributed by atoms with E-state index >= 15 is 0 Å². The summed E-state index contributed by atoms with van der Waals surface area (Å²) >= 11 is 0. The number of esters is 2. The summed E-state index contributed by atoms with van der Waals surface area (Å²) in [4.78, 5) is 25.9. The molecular weight excluding hydrogens is 949 g/mol. The second-order valence-corrected chi connectivity index (χ2v) is 20.5. The molecule has 430 valence electrons. The summed E-state index contributed by atoms with van der Waals surface area (Å²) < 4.78 is 33.6. The number of carbonyl (C=O) groups is 2. The summed E-state index contributed by atoms with van der Waals surface area (Å²) in [5, 5.41) is 72.3. The molecule has 15 nitrogen and oxygen atoms in total. The Morgan fingerprint density at radius 2 is 0.824 bits per heavy atom. The van der Waals surface area contributed by atoms with Gasteiger partial charge in [0.05, 0.1) is 19.8 Å². The van der Waals surface area contributed by atoms with Crippen molar-refractivity contribution in [3.63, 3.8) is 0 Å². The van der Waals surface area contributed by atoms with Crippen molar-refractivity contribution in [3.05, 3.63) is 48.6 Å². The monoisotopic (exact) mass is 1050 g/mol. The van der Waals surface area contributed by atoms with Gasteiger partial charge in [-0.05, 0) is 51.4 Å². The van der Waals surface area contributed by atoms with Crippen LogP contribution in [0.2, 0.25) is 0 Å². The smallest absolute Gasteiger partial charge is 0.306 e. The molecule has 74 heavy (non-hydrogen) atoms. The number of allylic oxidation sites excluding steroid dienone is 8. The van der Waals surface area contributed by atoms with Gasteiger partial charge in [-0.3, -0.25) is 9.59 Å². The molecule has 0 aromatic rings. The molecule has 15 heteroatoms. The molecule has 7 N–H and O–H groups in total. The second-order valence-electron chi connectivity index (χ2n) is 20.5. The fourth-order valence-corrected chi connectivity index (χ4v) is 9.03. The molecule has 2 saturated heterocycles. The number of hydrogen-bond donors (Lipinski definition) is 7. The first kappa shape index (κ1) is 67.6. The molecule has 0 aromatic carbocycles. The highest BCUT2D eigenvalue weighted by molar-refractivity contribution is 5.70. The fourth-order valence-electron chi connectivity index (χ4n) is 9.03. The Morgan fingerprint density at radius 1 is 0.432 bits per heavy atom.